The van der Waals surface area contributed by atoms with Crippen LogP contribution in [0.5, 0.6) is 5.75 Å². The van der Waals surface area contributed by atoms with Crippen molar-refractivity contribution < 1.29 is 14.2 Å². The Hall–Kier alpha value is -1.59. The fourth-order valence-electron chi connectivity index (χ4n) is 1.79. The lowest BCUT2D eigenvalue weighted by molar-refractivity contribution is 0.204. The van der Waals surface area contributed by atoms with Crippen LogP contribution < -0.4 is 4.74 Å². The van der Waals surface area contributed by atoms with E-state index in [-0.39, 0.29) is 5.02 Å². The molecule has 0 radical (unpaired) electrons. The molecule has 2 rings (SSSR count). The first-order chi connectivity index (χ1) is 8.52. The number of methoxy groups -OCH3 is 1. The van der Waals surface area contributed by atoms with Gasteiger partial charge in [0.1, 0.15) is 17.6 Å². The molecular formula is C12H12ClFN2O2. The number of ether oxygens (including phenoxy) is 1. The predicted molar refractivity (Wildman–Crippen MR) is 65.2 cm³/mol. The van der Waals surface area contributed by atoms with E-state index < -0.39 is 11.9 Å². The first-order valence-corrected chi connectivity index (χ1v) is 5.60. The number of hydrogen-bond donors (Lipinski definition) is 1. The fraction of sp³-hybridized carbons (Fsp3) is 0.250. The Bertz CT molecular complexity index is 551. The molecule has 1 N–H and O–H groups in total. The lowest BCUT2D eigenvalue weighted by Crippen LogP contribution is -2.08. The van der Waals surface area contributed by atoms with E-state index in [9.17, 15) is 9.50 Å². The lowest BCUT2D eigenvalue weighted by atomic mass is 10.1. The molecule has 0 aliphatic heterocycles. The number of aliphatic hydroxyl groups excluding tert-OH is 1. The zero-order valence-electron chi connectivity index (χ0n) is 9.89. The number of rotatable bonds is 3. The van der Waals surface area contributed by atoms with Gasteiger partial charge in [-0.25, -0.2) is 4.39 Å². The van der Waals surface area contributed by atoms with Crippen molar-refractivity contribution in [1.82, 2.24) is 9.78 Å². The largest absolute Gasteiger partial charge is 0.493 e. The van der Waals surface area contributed by atoms with Crippen molar-refractivity contribution in [2.45, 2.75) is 6.10 Å². The number of aliphatic hydroxyl groups is 1. The summed E-state index contributed by atoms with van der Waals surface area (Å²) in [5.41, 5.74) is 0.793. The van der Waals surface area contributed by atoms with Crippen molar-refractivity contribution in [2.75, 3.05) is 7.11 Å². The number of nitrogens with zero attached hydrogens (tertiary/aromatic N) is 2. The highest BCUT2D eigenvalue weighted by molar-refractivity contribution is 6.30. The minimum absolute atomic E-state index is 0.227. The summed E-state index contributed by atoms with van der Waals surface area (Å²) >= 11 is 5.76. The van der Waals surface area contributed by atoms with Crippen molar-refractivity contribution in [3.8, 4) is 5.75 Å². The first kappa shape index (κ1) is 12.9. The molecule has 1 unspecified atom stereocenters. The summed E-state index contributed by atoms with van der Waals surface area (Å²) < 4.78 is 19.8. The molecule has 2 aromatic rings. The van der Waals surface area contributed by atoms with E-state index in [2.05, 4.69) is 5.10 Å². The Kier molecular flexibility index (Phi) is 3.54. The molecular weight excluding hydrogens is 259 g/mol. The normalized spacial score (nSPS) is 12.5. The van der Waals surface area contributed by atoms with Crippen LogP contribution in [0.2, 0.25) is 5.02 Å². The number of halogens is 2. The van der Waals surface area contributed by atoms with E-state index >= 15 is 0 Å². The van der Waals surface area contributed by atoms with Gasteiger partial charge < -0.3 is 9.84 Å². The molecule has 0 aliphatic rings. The van der Waals surface area contributed by atoms with Crippen molar-refractivity contribution >= 4 is 11.6 Å². The third kappa shape index (κ3) is 2.32. The van der Waals surface area contributed by atoms with Gasteiger partial charge >= 0.3 is 0 Å². The average molecular weight is 271 g/mol. The van der Waals surface area contributed by atoms with Gasteiger partial charge in [0.05, 0.1) is 13.3 Å². The highest BCUT2D eigenvalue weighted by Crippen LogP contribution is 2.30. The molecule has 0 saturated carbocycles. The third-order valence-corrected chi connectivity index (χ3v) is 2.85. The fourth-order valence-corrected chi connectivity index (χ4v) is 2.02. The Morgan fingerprint density at radius 3 is 2.78 bits per heavy atom. The van der Waals surface area contributed by atoms with Gasteiger partial charge in [0.15, 0.2) is 5.75 Å². The van der Waals surface area contributed by atoms with Gasteiger partial charge in [0.2, 0.25) is 0 Å². The van der Waals surface area contributed by atoms with Crippen LogP contribution in [0.25, 0.3) is 0 Å². The summed E-state index contributed by atoms with van der Waals surface area (Å²) in [6.07, 6.45) is 0.431. The van der Waals surface area contributed by atoms with Crippen LogP contribution in [-0.2, 0) is 7.05 Å². The van der Waals surface area contributed by atoms with E-state index in [0.717, 1.165) is 0 Å². The predicted octanol–water partition coefficient (Wildman–Crippen LogP) is 2.30. The maximum absolute atomic E-state index is 13.3. The third-order valence-electron chi connectivity index (χ3n) is 2.63. The summed E-state index contributed by atoms with van der Waals surface area (Å²) in [4.78, 5) is 0. The van der Waals surface area contributed by atoms with E-state index in [4.69, 9.17) is 16.3 Å². The molecule has 1 aromatic heterocycles. The van der Waals surface area contributed by atoms with Crippen LogP contribution in [0.3, 0.4) is 0 Å². The molecule has 1 aromatic carbocycles. The van der Waals surface area contributed by atoms with Gasteiger partial charge in [-0.05, 0) is 23.8 Å². The Balaban J connectivity index is 2.47. The zero-order chi connectivity index (χ0) is 13.3. The van der Waals surface area contributed by atoms with Gasteiger partial charge in [-0.15, -0.1) is 0 Å². The van der Waals surface area contributed by atoms with Crippen LogP contribution in [0.1, 0.15) is 17.4 Å². The molecule has 96 valence electrons. The van der Waals surface area contributed by atoms with Crippen LogP contribution in [0.4, 0.5) is 4.39 Å². The van der Waals surface area contributed by atoms with Gasteiger partial charge in [-0.3, -0.25) is 4.68 Å². The molecule has 18 heavy (non-hydrogen) atoms. The lowest BCUT2D eigenvalue weighted by Gasteiger charge is -2.13. The van der Waals surface area contributed by atoms with E-state index in [1.54, 1.807) is 7.05 Å². The Morgan fingerprint density at radius 1 is 1.44 bits per heavy atom. The van der Waals surface area contributed by atoms with Crippen molar-refractivity contribution in [1.29, 1.82) is 0 Å². The van der Waals surface area contributed by atoms with Crippen molar-refractivity contribution in [2.24, 2.45) is 7.05 Å². The Labute approximate surface area is 109 Å². The monoisotopic (exact) mass is 270 g/mol. The number of benzene rings is 1. The highest BCUT2D eigenvalue weighted by atomic mass is 35.5. The topological polar surface area (TPSA) is 47.3 Å². The summed E-state index contributed by atoms with van der Waals surface area (Å²) in [7, 11) is 3.15. The van der Waals surface area contributed by atoms with Crippen LogP contribution in [-0.4, -0.2) is 22.0 Å². The SMILES string of the molecule is COc1cnn(C)c1C(O)c1cc(F)cc(Cl)c1. The van der Waals surface area contributed by atoms with Gasteiger partial charge in [-0.2, -0.15) is 5.10 Å². The highest BCUT2D eigenvalue weighted by Gasteiger charge is 2.21. The second-order valence-corrected chi connectivity index (χ2v) is 4.26. The molecule has 0 aliphatic carbocycles. The quantitative estimate of drug-likeness (QED) is 0.931. The first-order valence-electron chi connectivity index (χ1n) is 5.23. The smallest absolute Gasteiger partial charge is 0.162 e. The molecule has 0 fully saturated rings. The van der Waals surface area contributed by atoms with Gasteiger partial charge in [0, 0.05) is 12.1 Å². The van der Waals surface area contributed by atoms with Crippen LogP contribution >= 0.6 is 11.6 Å². The number of hydrogen-bond acceptors (Lipinski definition) is 3. The standard InChI is InChI=1S/C12H12ClFN2O2/c1-16-11(10(18-2)6-15-16)12(17)7-3-8(13)5-9(14)4-7/h3-6,12,17H,1-2H3. The number of aryl methyl sites for hydroxylation is 1. The molecule has 0 bridgehead atoms. The maximum Gasteiger partial charge on any atom is 0.162 e. The molecule has 1 atom stereocenters. The maximum atomic E-state index is 13.3. The summed E-state index contributed by atoms with van der Waals surface area (Å²) in [5.74, 6) is -0.0666. The number of aromatic nitrogens is 2. The van der Waals surface area contributed by atoms with E-state index in [1.165, 1.54) is 36.2 Å². The summed E-state index contributed by atoms with van der Waals surface area (Å²) in [6.45, 7) is 0. The second kappa shape index (κ2) is 4.96. The minimum atomic E-state index is -1.05. The van der Waals surface area contributed by atoms with Gasteiger partial charge in [-0.1, -0.05) is 11.6 Å². The Morgan fingerprint density at radius 2 is 2.17 bits per heavy atom. The molecule has 0 saturated heterocycles. The molecule has 0 spiro atoms. The summed E-state index contributed by atoms with van der Waals surface area (Å²) in [6, 6.07) is 3.91. The average Bonchev–Trinajstić information content (AvgIpc) is 2.68. The summed E-state index contributed by atoms with van der Waals surface area (Å²) in [5, 5.41) is 14.5. The molecule has 4 nitrogen and oxygen atoms in total. The minimum Gasteiger partial charge on any atom is -0.493 e. The van der Waals surface area contributed by atoms with E-state index in [1.807, 2.05) is 0 Å². The van der Waals surface area contributed by atoms with Crippen LogP contribution in [0.15, 0.2) is 24.4 Å². The zero-order valence-corrected chi connectivity index (χ0v) is 10.6. The van der Waals surface area contributed by atoms with Crippen LogP contribution in [0, 0.1) is 5.82 Å². The second-order valence-electron chi connectivity index (χ2n) is 3.83. The molecule has 1 heterocycles. The molecule has 6 heteroatoms. The van der Waals surface area contributed by atoms with Crippen molar-refractivity contribution in [3.05, 3.63) is 46.5 Å². The van der Waals surface area contributed by atoms with E-state index in [0.29, 0.717) is 17.0 Å². The van der Waals surface area contributed by atoms with Gasteiger partial charge in [0.25, 0.3) is 0 Å². The van der Waals surface area contributed by atoms with Crippen molar-refractivity contribution in [3.63, 3.8) is 0 Å². The molecule has 0 amide bonds.